The van der Waals surface area contributed by atoms with Crippen LogP contribution in [0.3, 0.4) is 0 Å². The molecule has 160 valence electrons. The van der Waals surface area contributed by atoms with Crippen LogP contribution in [0, 0.1) is 12.8 Å². The highest BCUT2D eigenvalue weighted by molar-refractivity contribution is 7.91. The molecule has 3 aromatic heterocycles. The summed E-state index contributed by atoms with van der Waals surface area (Å²) < 4.78 is 37.9. The molecule has 4 heterocycles. The minimum Gasteiger partial charge on any atom is -0.360 e. The number of nitrogens with zero attached hydrogens (tertiary/aromatic N) is 4. The molecule has 3 aromatic rings. The van der Waals surface area contributed by atoms with E-state index in [1.807, 2.05) is 6.92 Å². The zero-order valence-corrected chi connectivity index (χ0v) is 18.1. The highest BCUT2D eigenvalue weighted by Crippen LogP contribution is 2.31. The molecule has 0 bridgehead atoms. The van der Waals surface area contributed by atoms with E-state index in [4.69, 9.17) is 9.05 Å². The number of anilines is 1. The molecule has 1 N–H and O–H groups in total. The van der Waals surface area contributed by atoms with Crippen LogP contribution in [0.15, 0.2) is 30.8 Å². The first-order chi connectivity index (χ1) is 14.4. The summed E-state index contributed by atoms with van der Waals surface area (Å²) in [7, 11) is -3.73. The van der Waals surface area contributed by atoms with Gasteiger partial charge in [-0.1, -0.05) is 17.2 Å². The van der Waals surface area contributed by atoms with Crippen LogP contribution in [0.25, 0.3) is 11.4 Å². The Labute approximate surface area is 177 Å². The number of nitrogens with one attached hydrogen (secondary N) is 1. The smallest absolute Gasteiger partial charge is 0.252 e. The first-order valence-electron chi connectivity index (χ1n) is 9.52. The Hall–Kier alpha value is -2.57. The third-order valence-corrected chi connectivity index (χ3v) is 8.11. The van der Waals surface area contributed by atoms with Gasteiger partial charge >= 0.3 is 0 Å². The second kappa shape index (κ2) is 8.28. The van der Waals surface area contributed by atoms with Crippen molar-refractivity contribution in [2.24, 2.45) is 5.92 Å². The van der Waals surface area contributed by atoms with E-state index in [1.165, 1.54) is 4.31 Å². The molecule has 4 rings (SSSR count). The molecule has 1 saturated heterocycles. The first kappa shape index (κ1) is 20.7. The Morgan fingerprint density at radius 1 is 1.33 bits per heavy atom. The summed E-state index contributed by atoms with van der Waals surface area (Å²) in [6, 6.07) is 3.16. The predicted molar refractivity (Wildman–Crippen MR) is 108 cm³/mol. The van der Waals surface area contributed by atoms with Crippen molar-refractivity contribution < 1.29 is 22.3 Å². The Balaban J connectivity index is 1.47. The molecule has 0 aromatic carbocycles. The summed E-state index contributed by atoms with van der Waals surface area (Å²) in [6.07, 6.45) is 1.80. The van der Waals surface area contributed by atoms with E-state index in [1.54, 1.807) is 24.4 Å². The van der Waals surface area contributed by atoms with Gasteiger partial charge in [0.1, 0.15) is 9.97 Å². The van der Waals surface area contributed by atoms with E-state index >= 15 is 0 Å². The Morgan fingerprint density at radius 3 is 2.87 bits per heavy atom. The summed E-state index contributed by atoms with van der Waals surface area (Å²) in [4.78, 5) is 16.8. The standard InChI is InChI=1S/C18H21N5O5S2/c1-3-15-20-17(22-28-15)13-8-16(29-10-13)30(25,26)23-6-4-5-12(9-23)18(24)19-14-7-11(2)27-21-14/h7-8,10,12H,3-6,9H2,1-2H3,(H,19,21,24). The SMILES string of the molecule is CCc1nc(-c2csc(S(=O)(=O)N3CCCC(C(=O)Nc4cc(C)on4)C3)c2)no1. The molecule has 0 radical (unpaired) electrons. The number of aryl methyl sites for hydroxylation is 2. The maximum Gasteiger partial charge on any atom is 0.252 e. The number of thiophene rings is 1. The second-order valence-electron chi connectivity index (χ2n) is 7.03. The predicted octanol–water partition coefficient (Wildman–Crippen LogP) is 2.70. The van der Waals surface area contributed by atoms with Gasteiger partial charge in [-0.25, -0.2) is 8.42 Å². The minimum absolute atomic E-state index is 0.112. The number of carbonyl (C=O) groups is 1. The maximum absolute atomic E-state index is 13.1. The van der Waals surface area contributed by atoms with Crippen molar-refractivity contribution in [2.75, 3.05) is 18.4 Å². The van der Waals surface area contributed by atoms with Crippen molar-refractivity contribution in [1.82, 2.24) is 19.6 Å². The Kier molecular flexibility index (Phi) is 5.71. The van der Waals surface area contributed by atoms with E-state index < -0.39 is 15.9 Å². The number of rotatable bonds is 6. The summed E-state index contributed by atoms with van der Waals surface area (Å²) >= 11 is 1.10. The lowest BCUT2D eigenvalue weighted by molar-refractivity contribution is -0.120. The van der Waals surface area contributed by atoms with Gasteiger partial charge in [0, 0.05) is 36.5 Å². The lowest BCUT2D eigenvalue weighted by Gasteiger charge is -2.30. The molecule has 1 unspecified atom stereocenters. The van der Waals surface area contributed by atoms with Gasteiger partial charge in [-0.2, -0.15) is 9.29 Å². The van der Waals surface area contributed by atoms with Crippen LogP contribution >= 0.6 is 11.3 Å². The minimum atomic E-state index is -3.73. The van der Waals surface area contributed by atoms with Crippen molar-refractivity contribution in [2.45, 2.75) is 37.3 Å². The molecule has 1 amide bonds. The molecule has 1 fully saturated rings. The number of amides is 1. The molecular formula is C18H21N5O5S2. The Bertz CT molecular complexity index is 1150. The van der Waals surface area contributed by atoms with E-state index in [0.717, 1.165) is 11.3 Å². The second-order valence-corrected chi connectivity index (χ2v) is 10.1. The van der Waals surface area contributed by atoms with Crippen molar-refractivity contribution in [3.8, 4) is 11.4 Å². The van der Waals surface area contributed by atoms with E-state index in [9.17, 15) is 13.2 Å². The van der Waals surface area contributed by atoms with Gasteiger partial charge in [0.15, 0.2) is 5.82 Å². The fourth-order valence-corrected chi connectivity index (χ4v) is 6.07. The molecule has 0 aliphatic carbocycles. The number of sulfonamides is 1. The normalized spacial score (nSPS) is 17.9. The molecule has 0 saturated carbocycles. The zero-order chi connectivity index (χ0) is 21.3. The molecule has 10 nitrogen and oxygen atoms in total. The van der Waals surface area contributed by atoms with Crippen LogP contribution in [-0.2, 0) is 21.2 Å². The summed E-state index contributed by atoms with van der Waals surface area (Å²) in [5.41, 5.74) is 0.592. The molecule has 12 heteroatoms. The molecule has 0 spiro atoms. The van der Waals surface area contributed by atoms with E-state index in [2.05, 4.69) is 20.6 Å². The first-order valence-corrected chi connectivity index (χ1v) is 11.8. The van der Waals surface area contributed by atoms with E-state index in [-0.39, 0.29) is 16.7 Å². The number of carbonyl (C=O) groups excluding carboxylic acids is 1. The fourth-order valence-electron chi connectivity index (χ4n) is 3.24. The van der Waals surface area contributed by atoms with Crippen molar-refractivity contribution >= 4 is 33.1 Å². The van der Waals surface area contributed by atoms with Gasteiger partial charge < -0.3 is 14.4 Å². The van der Waals surface area contributed by atoms with Gasteiger partial charge in [0.25, 0.3) is 10.0 Å². The molecule has 1 atom stereocenters. The van der Waals surface area contributed by atoms with Crippen molar-refractivity contribution in [1.29, 1.82) is 0 Å². The van der Waals surface area contributed by atoms with Crippen LogP contribution in [-0.4, -0.2) is 47.0 Å². The van der Waals surface area contributed by atoms with Crippen LogP contribution in [0.2, 0.25) is 0 Å². The van der Waals surface area contributed by atoms with Gasteiger partial charge in [-0.3, -0.25) is 4.79 Å². The number of aromatic nitrogens is 3. The van der Waals surface area contributed by atoms with Crippen LogP contribution < -0.4 is 5.32 Å². The van der Waals surface area contributed by atoms with Gasteiger partial charge in [-0.05, 0) is 25.8 Å². The number of hydrogen-bond acceptors (Lipinski definition) is 9. The number of piperidine rings is 1. The fraction of sp³-hybridized carbons (Fsp3) is 0.444. The monoisotopic (exact) mass is 451 g/mol. The molecule has 1 aliphatic rings. The van der Waals surface area contributed by atoms with Gasteiger partial charge in [0.05, 0.1) is 5.92 Å². The topological polar surface area (TPSA) is 131 Å². The molecular weight excluding hydrogens is 430 g/mol. The quantitative estimate of drug-likeness (QED) is 0.605. The maximum atomic E-state index is 13.1. The van der Waals surface area contributed by atoms with Crippen LogP contribution in [0.1, 0.15) is 31.4 Å². The summed E-state index contributed by atoms with van der Waals surface area (Å²) in [5, 5.41) is 12.0. The highest BCUT2D eigenvalue weighted by Gasteiger charge is 2.34. The van der Waals surface area contributed by atoms with E-state index in [0.29, 0.717) is 54.7 Å². The van der Waals surface area contributed by atoms with Crippen LogP contribution in [0.5, 0.6) is 0 Å². The molecule has 1 aliphatic heterocycles. The average molecular weight is 452 g/mol. The molecule has 30 heavy (non-hydrogen) atoms. The zero-order valence-electron chi connectivity index (χ0n) is 16.5. The van der Waals surface area contributed by atoms with Gasteiger partial charge in [-0.15, -0.1) is 11.3 Å². The highest BCUT2D eigenvalue weighted by atomic mass is 32.2. The van der Waals surface area contributed by atoms with Crippen molar-refractivity contribution in [3.05, 3.63) is 29.2 Å². The third kappa shape index (κ3) is 4.16. The Morgan fingerprint density at radius 2 is 2.17 bits per heavy atom. The lowest BCUT2D eigenvalue weighted by Crippen LogP contribution is -2.43. The number of hydrogen-bond donors (Lipinski definition) is 1. The summed E-state index contributed by atoms with van der Waals surface area (Å²) in [6.45, 7) is 4.10. The largest absolute Gasteiger partial charge is 0.360 e. The van der Waals surface area contributed by atoms with Gasteiger partial charge in [0.2, 0.25) is 17.6 Å². The summed E-state index contributed by atoms with van der Waals surface area (Å²) in [5.74, 6) is 1.03. The van der Waals surface area contributed by atoms with Crippen molar-refractivity contribution in [3.63, 3.8) is 0 Å². The average Bonchev–Trinajstić information content (AvgIpc) is 3.48. The van der Waals surface area contributed by atoms with Crippen LogP contribution in [0.4, 0.5) is 5.82 Å². The third-order valence-electron chi connectivity index (χ3n) is 4.83. The lowest BCUT2D eigenvalue weighted by atomic mass is 9.99.